The van der Waals surface area contributed by atoms with Gasteiger partial charge in [-0.1, -0.05) is 13.3 Å². The molecule has 0 atom stereocenters. The highest BCUT2D eigenvalue weighted by molar-refractivity contribution is 5.77. The molecule has 0 spiro atoms. The van der Waals surface area contributed by atoms with E-state index in [9.17, 15) is 4.79 Å². The van der Waals surface area contributed by atoms with E-state index in [2.05, 4.69) is 6.92 Å². The predicted octanol–water partition coefficient (Wildman–Crippen LogP) is 1.19. The minimum atomic E-state index is -0.725. The number of hydrogen-bond donors (Lipinski definition) is 1. The summed E-state index contributed by atoms with van der Waals surface area (Å²) in [6.07, 6.45) is 1.16. The van der Waals surface area contributed by atoms with Crippen molar-refractivity contribution >= 4 is 5.97 Å². The average Bonchev–Trinajstić information content (AvgIpc) is 1.84. The van der Waals surface area contributed by atoms with Crippen LogP contribution in [0.3, 0.4) is 0 Å². The third kappa shape index (κ3) is 1.46. The standard InChI is InChI=1S/C9H17NO2/c1-4-7-5-10(6-7)9(2,3)8(11)12/h7H,4-6H2,1-3H3,(H,11,12). The molecule has 0 unspecified atom stereocenters. The summed E-state index contributed by atoms with van der Waals surface area (Å²) in [6, 6.07) is 0. The van der Waals surface area contributed by atoms with Gasteiger partial charge in [0.1, 0.15) is 5.54 Å². The van der Waals surface area contributed by atoms with Crippen molar-refractivity contribution in [1.29, 1.82) is 0 Å². The van der Waals surface area contributed by atoms with Crippen LogP contribution in [0.1, 0.15) is 27.2 Å². The van der Waals surface area contributed by atoms with Gasteiger partial charge in [0.05, 0.1) is 0 Å². The Hall–Kier alpha value is -0.570. The fraction of sp³-hybridized carbons (Fsp3) is 0.889. The van der Waals surface area contributed by atoms with Gasteiger partial charge in [0.15, 0.2) is 0 Å². The maximum absolute atomic E-state index is 10.8. The molecule has 70 valence electrons. The highest BCUT2D eigenvalue weighted by atomic mass is 16.4. The summed E-state index contributed by atoms with van der Waals surface area (Å²) >= 11 is 0. The number of carboxylic acid groups (broad SMARTS) is 1. The molecule has 1 aliphatic rings. The van der Waals surface area contributed by atoms with Gasteiger partial charge in [-0.15, -0.1) is 0 Å². The molecule has 1 aliphatic heterocycles. The molecule has 0 saturated carbocycles. The molecule has 12 heavy (non-hydrogen) atoms. The first-order chi connectivity index (χ1) is 5.48. The van der Waals surface area contributed by atoms with Crippen LogP contribution in [0.15, 0.2) is 0 Å². The van der Waals surface area contributed by atoms with Gasteiger partial charge in [-0.25, -0.2) is 0 Å². The largest absolute Gasteiger partial charge is 0.480 e. The lowest BCUT2D eigenvalue weighted by Gasteiger charge is -2.46. The van der Waals surface area contributed by atoms with Crippen LogP contribution in [0.4, 0.5) is 0 Å². The SMILES string of the molecule is CCC1CN(C(C)(C)C(=O)O)C1. The summed E-state index contributed by atoms with van der Waals surface area (Å²) in [4.78, 5) is 12.8. The van der Waals surface area contributed by atoms with E-state index in [4.69, 9.17) is 5.11 Å². The van der Waals surface area contributed by atoms with Crippen molar-refractivity contribution in [3.05, 3.63) is 0 Å². The Labute approximate surface area is 73.4 Å². The molecular formula is C9H17NO2. The highest BCUT2D eigenvalue weighted by Crippen LogP contribution is 2.27. The second-order valence-electron chi connectivity index (χ2n) is 4.04. The number of hydrogen-bond acceptors (Lipinski definition) is 2. The zero-order valence-corrected chi connectivity index (χ0v) is 8.00. The number of carbonyl (C=O) groups is 1. The molecule has 1 N–H and O–H groups in total. The minimum absolute atomic E-state index is 0.675. The molecule has 3 heteroatoms. The molecule has 0 radical (unpaired) electrons. The number of likely N-dealkylation sites (tertiary alicyclic amines) is 1. The van der Waals surface area contributed by atoms with Crippen LogP contribution in [-0.4, -0.2) is 34.6 Å². The summed E-state index contributed by atoms with van der Waals surface area (Å²) in [5.74, 6) is -0.0133. The Kier molecular flexibility index (Phi) is 2.42. The molecule has 0 amide bonds. The molecule has 3 nitrogen and oxygen atoms in total. The van der Waals surface area contributed by atoms with Gasteiger partial charge < -0.3 is 5.11 Å². The van der Waals surface area contributed by atoms with E-state index >= 15 is 0 Å². The fourth-order valence-electron chi connectivity index (χ4n) is 1.42. The second kappa shape index (κ2) is 3.05. The number of aliphatic carboxylic acids is 1. The lowest BCUT2D eigenvalue weighted by atomic mass is 9.90. The van der Waals surface area contributed by atoms with E-state index in [1.807, 2.05) is 4.90 Å². The fourth-order valence-corrected chi connectivity index (χ4v) is 1.42. The van der Waals surface area contributed by atoms with Gasteiger partial charge in [-0.3, -0.25) is 9.69 Å². The van der Waals surface area contributed by atoms with Crippen LogP contribution in [0, 0.1) is 5.92 Å². The molecule has 0 aliphatic carbocycles. The number of carboxylic acids is 1. The predicted molar refractivity (Wildman–Crippen MR) is 47.1 cm³/mol. The van der Waals surface area contributed by atoms with Crippen molar-refractivity contribution in [3.63, 3.8) is 0 Å². The van der Waals surface area contributed by atoms with Gasteiger partial charge in [-0.05, 0) is 19.8 Å². The summed E-state index contributed by atoms with van der Waals surface area (Å²) < 4.78 is 0. The summed E-state index contributed by atoms with van der Waals surface area (Å²) in [6.45, 7) is 7.56. The summed E-state index contributed by atoms with van der Waals surface area (Å²) in [5, 5.41) is 8.89. The summed E-state index contributed by atoms with van der Waals surface area (Å²) in [7, 11) is 0. The van der Waals surface area contributed by atoms with Crippen LogP contribution in [-0.2, 0) is 4.79 Å². The first-order valence-electron chi connectivity index (χ1n) is 4.47. The van der Waals surface area contributed by atoms with Crippen molar-refractivity contribution in [2.45, 2.75) is 32.7 Å². The zero-order valence-electron chi connectivity index (χ0n) is 8.00. The van der Waals surface area contributed by atoms with Gasteiger partial charge in [0, 0.05) is 13.1 Å². The average molecular weight is 171 g/mol. The van der Waals surface area contributed by atoms with Crippen molar-refractivity contribution in [3.8, 4) is 0 Å². The molecule has 0 aromatic carbocycles. The first-order valence-corrected chi connectivity index (χ1v) is 4.47. The Morgan fingerprint density at radius 2 is 2.08 bits per heavy atom. The first kappa shape index (κ1) is 9.52. The summed E-state index contributed by atoms with van der Waals surface area (Å²) in [5.41, 5.74) is -0.675. The van der Waals surface area contributed by atoms with Crippen molar-refractivity contribution in [2.75, 3.05) is 13.1 Å². The molecule has 1 rings (SSSR count). The van der Waals surface area contributed by atoms with Gasteiger partial charge in [-0.2, -0.15) is 0 Å². The van der Waals surface area contributed by atoms with Crippen LogP contribution in [0.25, 0.3) is 0 Å². The quantitative estimate of drug-likeness (QED) is 0.693. The van der Waals surface area contributed by atoms with Gasteiger partial charge in [0.25, 0.3) is 0 Å². The zero-order chi connectivity index (χ0) is 9.35. The van der Waals surface area contributed by atoms with Crippen LogP contribution >= 0.6 is 0 Å². The van der Waals surface area contributed by atoms with E-state index in [0.717, 1.165) is 19.5 Å². The Morgan fingerprint density at radius 3 is 2.42 bits per heavy atom. The van der Waals surface area contributed by atoms with E-state index < -0.39 is 11.5 Å². The maximum atomic E-state index is 10.8. The monoisotopic (exact) mass is 171 g/mol. The molecule has 0 aromatic heterocycles. The Bertz CT molecular complexity index is 183. The maximum Gasteiger partial charge on any atom is 0.323 e. The third-order valence-electron chi connectivity index (χ3n) is 2.85. The second-order valence-corrected chi connectivity index (χ2v) is 4.04. The van der Waals surface area contributed by atoms with E-state index in [1.165, 1.54) is 0 Å². The van der Waals surface area contributed by atoms with E-state index in [1.54, 1.807) is 13.8 Å². The molecule has 0 aromatic rings. The lowest BCUT2D eigenvalue weighted by Crippen LogP contribution is -2.60. The smallest absolute Gasteiger partial charge is 0.323 e. The minimum Gasteiger partial charge on any atom is -0.480 e. The van der Waals surface area contributed by atoms with Gasteiger partial charge in [0.2, 0.25) is 0 Å². The van der Waals surface area contributed by atoms with E-state index in [-0.39, 0.29) is 0 Å². The van der Waals surface area contributed by atoms with Gasteiger partial charge >= 0.3 is 5.97 Å². The molecule has 1 fully saturated rings. The molecule has 1 saturated heterocycles. The van der Waals surface area contributed by atoms with Crippen LogP contribution in [0.5, 0.6) is 0 Å². The van der Waals surface area contributed by atoms with Crippen LogP contribution in [0.2, 0.25) is 0 Å². The van der Waals surface area contributed by atoms with Crippen molar-refractivity contribution in [2.24, 2.45) is 5.92 Å². The topological polar surface area (TPSA) is 40.5 Å². The van der Waals surface area contributed by atoms with E-state index in [0.29, 0.717) is 5.92 Å². The Balaban J connectivity index is 2.46. The Morgan fingerprint density at radius 1 is 1.58 bits per heavy atom. The number of nitrogens with zero attached hydrogens (tertiary/aromatic N) is 1. The highest BCUT2D eigenvalue weighted by Gasteiger charge is 2.41. The normalized spacial score (nSPS) is 20.6. The molecular weight excluding hydrogens is 154 g/mol. The van der Waals surface area contributed by atoms with Crippen molar-refractivity contribution < 1.29 is 9.90 Å². The molecule has 1 heterocycles. The number of rotatable bonds is 3. The van der Waals surface area contributed by atoms with Crippen LogP contribution < -0.4 is 0 Å². The molecule has 0 bridgehead atoms. The lowest BCUT2D eigenvalue weighted by molar-refractivity contribution is -0.154. The van der Waals surface area contributed by atoms with Crippen molar-refractivity contribution in [1.82, 2.24) is 4.90 Å². The third-order valence-corrected chi connectivity index (χ3v) is 2.85.